The second kappa shape index (κ2) is 8.64. The summed E-state index contributed by atoms with van der Waals surface area (Å²) in [5.41, 5.74) is 0.927. The molecule has 7 nitrogen and oxygen atoms in total. The van der Waals surface area contributed by atoms with Crippen LogP contribution >= 0.6 is 0 Å². The SMILES string of the molecule is CC[C@@H](C)NC(=O)COC(=O)CNS(=O)(=O)c1ccc(C)cc1. The molecule has 0 aliphatic rings. The third kappa shape index (κ3) is 6.79. The van der Waals surface area contributed by atoms with Gasteiger partial charge in [-0.2, -0.15) is 4.72 Å². The van der Waals surface area contributed by atoms with Crippen LogP contribution in [0.5, 0.6) is 0 Å². The van der Waals surface area contributed by atoms with Crippen LogP contribution in [0.2, 0.25) is 0 Å². The van der Waals surface area contributed by atoms with Crippen LogP contribution in [-0.4, -0.2) is 39.5 Å². The molecule has 1 aromatic rings. The van der Waals surface area contributed by atoms with Gasteiger partial charge in [0.1, 0.15) is 6.54 Å². The van der Waals surface area contributed by atoms with Crippen molar-refractivity contribution in [1.29, 1.82) is 0 Å². The van der Waals surface area contributed by atoms with E-state index in [2.05, 4.69) is 10.0 Å². The molecule has 128 valence electrons. The van der Waals surface area contributed by atoms with Crippen molar-refractivity contribution in [3.63, 3.8) is 0 Å². The highest BCUT2D eigenvalue weighted by atomic mass is 32.2. The fourth-order valence-electron chi connectivity index (χ4n) is 1.57. The molecule has 0 heterocycles. The third-order valence-electron chi connectivity index (χ3n) is 3.12. The summed E-state index contributed by atoms with van der Waals surface area (Å²) in [5.74, 6) is -1.24. The number of nitrogens with one attached hydrogen (secondary N) is 2. The van der Waals surface area contributed by atoms with E-state index in [0.717, 1.165) is 12.0 Å². The molecular formula is C15H22N2O5S. The van der Waals surface area contributed by atoms with Gasteiger partial charge in [0.15, 0.2) is 6.61 Å². The number of hydrogen-bond acceptors (Lipinski definition) is 5. The molecule has 8 heteroatoms. The number of benzene rings is 1. The maximum Gasteiger partial charge on any atom is 0.321 e. The minimum Gasteiger partial charge on any atom is -0.455 e. The zero-order valence-electron chi connectivity index (χ0n) is 13.5. The molecule has 0 saturated carbocycles. The molecule has 23 heavy (non-hydrogen) atoms. The van der Waals surface area contributed by atoms with Crippen molar-refractivity contribution in [2.45, 2.75) is 38.1 Å². The van der Waals surface area contributed by atoms with Crippen molar-refractivity contribution in [3.8, 4) is 0 Å². The Kier molecular flexibility index (Phi) is 7.18. The number of aryl methyl sites for hydroxylation is 1. The lowest BCUT2D eigenvalue weighted by molar-refractivity contribution is -0.147. The van der Waals surface area contributed by atoms with Gasteiger partial charge in [0, 0.05) is 6.04 Å². The Morgan fingerprint density at radius 3 is 2.39 bits per heavy atom. The molecule has 0 radical (unpaired) electrons. The summed E-state index contributed by atoms with van der Waals surface area (Å²) < 4.78 is 30.8. The molecule has 1 atom stereocenters. The summed E-state index contributed by atoms with van der Waals surface area (Å²) in [6.45, 7) is 4.61. The zero-order chi connectivity index (χ0) is 17.5. The first-order valence-corrected chi connectivity index (χ1v) is 8.74. The van der Waals surface area contributed by atoms with Crippen LogP contribution in [0.1, 0.15) is 25.8 Å². The average molecular weight is 342 g/mol. The summed E-state index contributed by atoms with van der Waals surface area (Å²) >= 11 is 0. The summed E-state index contributed by atoms with van der Waals surface area (Å²) in [4.78, 5) is 23.0. The molecule has 0 fully saturated rings. The second-order valence-corrected chi connectivity index (χ2v) is 6.94. The van der Waals surface area contributed by atoms with Gasteiger partial charge in [-0.3, -0.25) is 9.59 Å². The molecule has 0 unspecified atom stereocenters. The predicted octanol–water partition coefficient (Wildman–Crippen LogP) is 0.731. The minimum absolute atomic E-state index is 0.0127. The van der Waals surface area contributed by atoms with Gasteiger partial charge in [0.25, 0.3) is 5.91 Å². The van der Waals surface area contributed by atoms with Crippen LogP contribution in [0.3, 0.4) is 0 Å². The van der Waals surface area contributed by atoms with Crippen molar-refractivity contribution in [2.24, 2.45) is 0 Å². The Morgan fingerprint density at radius 2 is 1.83 bits per heavy atom. The Bertz CT molecular complexity index is 640. The van der Waals surface area contributed by atoms with E-state index in [-0.39, 0.29) is 10.9 Å². The normalized spacial score (nSPS) is 12.5. The number of rotatable bonds is 8. The van der Waals surface area contributed by atoms with Gasteiger partial charge in [0.05, 0.1) is 4.90 Å². The molecule has 0 aliphatic carbocycles. The number of amides is 1. The molecule has 0 bridgehead atoms. The first-order valence-electron chi connectivity index (χ1n) is 7.26. The van der Waals surface area contributed by atoms with Gasteiger partial charge in [0.2, 0.25) is 10.0 Å². The molecule has 2 N–H and O–H groups in total. The van der Waals surface area contributed by atoms with E-state index in [1.165, 1.54) is 12.1 Å². The second-order valence-electron chi connectivity index (χ2n) is 5.18. The largest absolute Gasteiger partial charge is 0.455 e. The Balaban J connectivity index is 2.43. The zero-order valence-corrected chi connectivity index (χ0v) is 14.3. The predicted molar refractivity (Wildman–Crippen MR) is 85.2 cm³/mol. The van der Waals surface area contributed by atoms with E-state index in [1.807, 2.05) is 20.8 Å². The number of esters is 1. The van der Waals surface area contributed by atoms with E-state index in [0.29, 0.717) is 0 Å². The minimum atomic E-state index is -3.79. The quantitative estimate of drug-likeness (QED) is 0.678. The molecule has 0 saturated heterocycles. The van der Waals surface area contributed by atoms with Gasteiger partial charge in [-0.05, 0) is 32.4 Å². The van der Waals surface area contributed by atoms with Crippen molar-refractivity contribution in [1.82, 2.24) is 10.0 Å². The van der Waals surface area contributed by atoms with E-state index < -0.39 is 35.1 Å². The van der Waals surface area contributed by atoms with Crippen LogP contribution in [0, 0.1) is 6.92 Å². The third-order valence-corrected chi connectivity index (χ3v) is 4.54. The van der Waals surface area contributed by atoms with E-state index >= 15 is 0 Å². The Labute approximate surface area is 136 Å². The number of carbonyl (C=O) groups is 2. The average Bonchev–Trinajstić information content (AvgIpc) is 2.51. The first-order chi connectivity index (χ1) is 10.7. The van der Waals surface area contributed by atoms with Gasteiger partial charge < -0.3 is 10.1 Å². The highest BCUT2D eigenvalue weighted by molar-refractivity contribution is 7.89. The molecule has 1 rings (SSSR count). The highest BCUT2D eigenvalue weighted by Crippen LogP contribution is 2.09. The van der Waals surface area contributed by atoms with Crippen LogP contribution in [0.4, 0.5) is 0 Å². The molecular weight excluding hydrogens is 320 g/mol. The first kappa shape index (κ1) is 19.1. The van der Waals surface area contributed by atoms with Gasteiger partial charge in [-0.15, -0.1) is 0 Å². The monoisotopic (exact) mass is 342 g/mol. The number of sulfonamides is 1. The van der Waals surface area contributed by atoms with Crippen LogP contribution < -0.4 is 10.0 Å². The maximum absolute atomic E-state index is 12.0. The smallest absolute Gasteiger partial charge is 0.321 e. The molecule has 0 aromatic heterocycles. The summed E-state index contributed by atoms with van der Waals surface area (Å²) in [5, 5.41) is 2.63. The molecule has 0 spiro atoms. The lowest BCUT2D eigenvalue weighted by Gasteiger charge is -2.11. The summed E-state index contributed by atoms with van der Waals surface area (Å²) in [6.07, 6.45) is 0.760. The molecule has 1 amide bonds. The van der Waals surface area contributed by atoms with Crippen molar-refractivity contribution in [2.75, 3.05) is 13.2 Å². The number of hydrogen-bond donors (Lipinski definition) is 2. The Morgan fingerprint density at radius 1 is 1.22 bits per heavy atom. The summed E-state index contributed by atoms with van der Waals surface area (Å²) in [7, 11) is -3.79. The van der Waals surface area contributed by atoms with Crippen LogP contribution in [0.25, 0.3) is 0 Å². The van der Waals surface area contributed by atoms with Crippen molar-refractivity contribution < 1.29 is 22.7 Å². The van der Waals surface area contributed by atoms with E-state index in [9.17, 15) is 18.0 Å². The van der Waals surface area contributed by atoms with Crippen LogP contribution in [0.15, 0.2) is 29.2 Å². The Hall–Kier alpha value is -1.93. The fraction of sp³-hybridized carbons (Fsp3) is 0.467. The van der Waals surface area contributed by atoms with Crippen LogP contribution in [-0.2, 0) is 24.3 Å². The fourth-order valence-corrected chi connectivity index (χ4v) is 2.54. The summed E-state index contributed by atoms with van der Waals surface area (Å²) in [6, 6.07) is 6.20. The standard InChI is InChI=1S/C15H22N2O5S/c1-4-12(3)17-14(18)10-22-15(19)9-16-23(20,21)13-7-5-11(2)6-8-13/h5-8,12,16H,4,9-10H2,1-3H3,(H,17,18)/t12-/m1/s1. The number of ether oxygens (including phenoxy) is 1. The molecule has 1 aromatic carbocycles. The van der Waals surface area contributed by atoms with Crippen molar-refractivity contribution >= 4 is 21.9 Å². The lowest BCUT2D eigenvalue weighted by Crippen LogP contribution is -2.37. The van der Waals surface area contributed by atoms with Gasteiger partial charge in [-0.1, -0.05) is 24.6 Å². The number of carbonyl (C=O) groups excluding carboxylic acids is 2. The topological polar surface area (TPSA) is 102 Å². The van der Waals surface area contributed by atoms with E-state index in [4.69, 9.17) is 4.74 Å². The van der Waals surface area contributed by atoms with Gasteiger partial charge in [-0.25, -0.2) is 8.42 Å². The van der Waals surface area contributed by atoms with Crippen molar-refractivity contribution in [3.05, 3.63) is 29.8 Å². The maximum atomic E-state index is 12.0. The lowest BCUT2D eigenvalue weighted by atomic mass is 10.2. The van der Waals surface area contributed by atoms with Gasteiger partial charge >= 0.3 is 5.97 Å². The highest BCUT2D eigenvalue weighted by Gasteiger charge is 2.16. The molecule has 0 aliphatic heterocycles. The van der Waals surface area contributed by atoms with E-state index in [1.54, 1.807) is 12.1 Å².